The molecule has 10 aromatic rings. The normalized spacial score (nSPS) is 12.8. The van der Waals surface area contributed by atoms with Crippen LogP contribution in [0.3, 0.4) is 0 Å². The minimum Gasteiger partial charge on any atom is -0.455 e. The number of furan rings is 1. The van der Waals surface area contributed by atoms with Crippen molar-refractivity contribution < 1.29 is 4.42 Å². The summed E-state index contributed by atoms with van der Waals surface area (Å²) in [4.78, 5) is 15.6. The number of hydrogen-bond donors (Lipinski definition) is 0. The molecule has 11 rings (SSSR count). The number of para-hydroxylation sites is 1. The quantitative estimate of drug-likeness (QED) is 0.171. The van der Waals surface area contributed by atoms with Gasteiger partial charge in [-0.25, -0.2) is 15.0 Å². The summed E-state index contributed by atoms with van der Waals surface area (Å²) in [7, 11) is 0. The van der Waals surface area contributed by atoms with Crippen LogP contribution >= 0.6 is 0 Å². The Balaban J connectivity index is 1.08. The highest BCUT2D eigenvalue weighted by atomic mass is 16.3. The Hall–Kier alpha value is -7.43. The monoisotopic (exact) mass is 729 g/mol. The van der Waals surface area contributed by atoms with E-state index in [0.717, 1.165) is 73.5 Å². The number of hydrogen-bond acceptors (Lipinski definition) is 4. The fraction of sp³-hybridized carbons (Fsp3) is 0.0377. The molecule has 0 unspecified atom stereocenters. The minimum absolute atomic E-state index is 0.594. The van der Waals surface area contributed by atoms with E-state index in [1.165, 1.54) is 32.9 Å². The molecule has 0 saturated heterocycles. The van der Waals surface area contributed by atoms with E-state index in [1.54, 1.807) is 0 Å². The van der Waals surface area contributed by atoms with Crippen LogP contribution in [-0.4, -0.2) is 15.0 Å². The molecule has 0 fully saturated rings. The Kier molecular flexibility index (Phi) is 7.92. The first-order valence-corrected chi connectivity index (χ1v) is 19.5. The highest BCUT2D eigenvalue weighted by Crippen LogP contribution is 2.42. The molecular formula is C53H35N3O. The smallest absolute Gasteiger partial charge is 0.164 e. The van der Waals surface area contributed by atoms with Crippen molar-refractivity contribution >= 4 is 49.1 Å². The predicted molar refractivity (Wildman–Crippen MR) is 236 cm³/mol. The van der Waals surface area contributed by atoms with E-state index < -0.39 is 0 Å². The summed E-state index contributed by atoms with van der Waals surface area (Å²) < 4.78 is 6.72. The fourth-order valence-electron chi connectivity index (χ4n) is 8.31. The molecule has 1 aliphatic rings. The lowest BCUT2D eigenvalue weighted by Gasteiger charge is -2.12. The highest BCUT2D eigenvalue weighted by molar-refractivity contribution is 6.15. The van der Waals surface area contributed by atoms with E-state index in [0.29, 0.717) is 17.5 Å². The summed E-state index contributed by atoms with van der Waals surface area (Å²) in [6.07, 6.45) is 8.73. The molecule has 0 atom stereocenters. The van der Waals surface area contributed by atoms with E-state index in [9.17, 15) is 0 Å². The van der Waals surface area contributed by atoms with E-state index in [1.807, 2.05) is 12.1 Å². The maximum Gasteiger partial charge on any atom is 0.164 e. The molecular weight excluding hydrogens is 695 g/mol. The van der Waals surface area contributed by atoms with Gasteiger partial charge in [0.05, 0.1) is 0 Å². The first-order chi connectivity index (χ1) is 28.2. The van der Waals surface area contributed by atoms with Crippen molar-refractivity contribution in [3.8, 4) is 56.4 Å². The Bertz CT molecular complexity index is 3220. The molecule has 1 aliphatic carbocycles. The number of rotatable bonds is 6. The molecule has 8 aromatic carbocycles. The van der Waals surface area contributed by atoms with Gasteiger partial charge in [0.1, 0.15) is 11.2 Å². The van der Waals surface area contributed by atoms with Gasteiger partial charge < -0.3 is 4.42 Å². The lowest BCUT2D eigenvalue weighted by molar-refractivity contribution is 0.670. The number of nitrogens with zero attached hydrogens (tertiary/aromatic N) is 3. The molecule has 2 heterocycles. The molecule has 4 nitrogen and oxygen atoms in total. The highest BCUT2D eigenvalue weighted by Gasteiger charge is 2.21. The van der Waals surface area contributed by atoms with Crippen LogP contribution in [0, 0.1) is 0 Å². The van der Waals surface area contributed by atoms with Gasteiger partial charge in [0.25, 0.3) is 0 Å². The predicted octanol–water partition coefficient (Wildman–Crippen LogP) is 14.1. The third-order valence-corrected chi connectivity index (χ3v) is 11.2. The molecule has 0 radical (unpaired) electrons. The van der Waals surface area contributed by atoms with Crippen molar-refractivity contribution in [3.05, 3.63) is 194 Å². The zero-order chi connectivity index (χ0) is 37.7. The molecule has 0 N–H and O–H groups in total. The number of benzene rings is 8. The standard InChI is InChI=1S/C53H35N3O/c1-2-11-34(12-3-1)36-21-24-39(25-22-36)45-31-32-47(49-46-18-8-9-20-48(46)57-50(45)49)53-55-51(54-52(56-53)42-30-23-35-13-4-5-15-41(35)33-42)40-28-26-38(27-29-40)44-19-10-16-37-14-6-7-17-43(37)44/h1-2,4-11,13-33H,3,12H2. The van der Waals surface area contributed by atoms with Crippen molar-refractivity contribution in [1.29, 1.82) is 0 Å². The average Bonchev–Trinajstić information content (AvgIpc) is 3.68. The fourth-order valence-corrected chi connectivity index (χ4v) is 8.31. The second-order valence-electron chi connectivity index (χ2n) is 14.7. The van der Waals surface area contributed by atoms with Crippen molar-refractivity contribution in [2.75, 3.05) is 0 Å². The zero-order valence-corrected chi connectivity index (χ0v) is 31.1. The lowest BCUT2D eigenvalue weighted by Crippen LogP contribution is -2.00. The van der Waals surface area contributed by atoms with Gasteiger partial charge >= 0.3 is 0 Å². The summed E-state index contributed by atoms with van der Waals surface area (Å²) in [6.45, 7) is 0. The summed E-state index contributed by atoms with van der Waals surface area (Å²) in [6, 6.07) is 59.7. The summed E-state index contributed by atoms with van der Waals surface area (Å²) >= 11 is 0. The topological polar surface area (TPSA) is 51.8 Å². The van der Waals surface area contributed by atoms with E-state index >= 15 is 0 Å². The first kappa shape index (κ1) is 33.0. The van der Waals surface area contributed by atoms with Gasteiger partial charge in [0.15, 0.2) is 17.5 Å². The maximum absolute atomic E-state index is 6.72. The summed E-state index contributed by atoms with van der Waals surface area (Å²) in [5, 5.41) is 6.75. The largest absolute Gasteiger partial charge is 0.455 e. The lowest BCUT2D eigenvalue weighted by atomic mass is 9.94. The Labute approximate surface area is 330 Å². The Morgan fingerprint density at radius 3 is 1.84 bits per heavy atom. The van der Waals surface area contributed by atoms with Crippen LogP contribution in [0.25, 0.3) is 105 Å². The van der Waals surface area contributed by atoms with Gasteiger partial charge in [-0.15, -0.1) is 0 Å². The second-order valence-corrected chi connectivity index (χ2v) is 14.7. The van der Waals surface area contributed by atoms with Crippen molar-refractivity contribution in [2.24, 2.45) is 0 Å². The second kappa shape index (κ2) is 13.7. The van der Waals surface area contributed by atoms with E-state index in [4.69, 9.17) is 19.4 Å². The van der Waals surface area contributed by atoms with Crippen LogP contribution in [0.1, 0.15) is 18.4 Å². The van der Waals surface area contributed by atoms with Crippen molar-refractivity contribution in [1.82, 2.24) is 15.0 Å². The van der Waals surface area contributed by atoms with Gasteiger partial charge in [-0.3, -0.25) is 0 Å². The zero-order valence-electron chi connectivity index (χ0n) is 31.1. The third kappa shape index (κ3) is 5.90. The van der Waals surface area contributed by atoms with Gasteiger partial charge in [-0.2, -0.15) is 0 Å². The van der Waals surface area contributed by atoms with Crippen molar-refractivity contribution in [3.63, 3.8) is 0 Å². The SMILES string of the molecule is C1=CCCC(c2ccc(-c3ccc(-c4nc(-c5ccc(-c6cccc7ccccc67)cc5)nc(-c5ccc6ccccc6c5)n4)c4c3oc3ccccc34)cc2)=C1. The van der Waals surface area contributed by atoms with E-state index in [-0.39, 0.29) is 0 Å². The van der Waals surface area contributed by atoms with Crippen LogP contribution in [-0.2, 0) is 0 Å². The molecule has 2 aromatic heterocycles. The van der Waals surface area contributed by atoms with Crippen LogP contribution < -0.4 is 0 Å². The van der Waals surface area contributed by atoms with Crippen LogP contribution in [0.4, 0.5) is 0 Å². The number of aromatic nitrogens is 3. The van der Waals surface area contributed by atoms with Crippen molar-refractivity contribution in [2.45, 2.75) is 12.8 Å². The summed E-state index contributed by atoms with van der Waals surface area (Å²) in [5.41, 5.74) is 11.5. The van der Waals surface area contributed by atoms with E-state index in [2.05, 4.69) is 176 Å². The number of fused-ring (bicyclic) bond motifs is 5. The molecule has 57 heavy (non-hydrogen) atoms. The molecule has 0 bridgehead atoms. The number of allylic oxidation sites excluding steroid dienone is 4. The van der Waals surface area contributed by atoms with Gasteiger partial charge in [0, 0.05) is 33.0 Å². The van der Waals surface area contributed by atoms with Gasteiger partial charge in [-0.05, 0) is 86.5 Å². The maximum atomic E-state index is 6.72. The molecule has 0 spiro atoms. The molecule has 0 amide bonds. The molecule has 268 valence electrons. The molecule has 0 saturated carbocycles. The third-order valence-electron chi connectivity index (χ3n) is 11.2. The van der Waals surface area contributed by atoms with Gasteiger partial charge in [0.2, 0.25) is 0 Å². The summed E-state index contributed by atoms with van der Waals surface area (Å²) in [5.74, 6) is 1.82. The van der Waals surface area contributed by atoms with Crippen LogP contribution in [0.5, 0.6) is 0 Å². The Morgan fingerprint density at radius 2 is 1.04 bits per heavy atom. The Morgan fingerprint density at radius 1 is 0.421 bits per heavy atom. The van der Waals surface area contributed by atoms with Crippen LogP contribution in [0.2, 0.25) is 0 Å². The first-order valence-electron chi connectivity index (χ1n) is 19.5. The van der Waals surface area contributed by atoms with Crippen LogP contribution in [0.15, 0.2) is 193 Å². The average molecular weight is 730 g/mol. The molecule has 0 aliphatic heterocycles. The minimum atomic E-state index is 0.594. The van der Waals surface area contributed by atoms with Gasteiger partial charge in [-0.1, -0.05) is 164 Å². The molecule has 4 heteroatoms.